The molecule has 0 bridgehead atoms. The van der Waals surface area contributed by atoms with Crippen LogP contribution in [-0.2, 0) is 14.3 Å². The van der Waals surface area contributed by atoms with Gasteiger partial charge in [0.1, 0.15) is 0 Å². The number of ether oxygens (including phenoxy) is 2. The van der Waals surface area contributed by atoms with Crippen molar-refractivity contribution in [3.05, 3.63) is 0 Å². The van der Waals surface area contributed by atoms with E-state index in [0.29, 0.717) is 26.2 Å². The molecule has 2 fully saturated rings. The molecule has 1 atom stereocenters. The van der Waals surface area contributed by atoms with E-state index in [4.69, 9.17) is 19.7 Å². The molecule has 0 aliphatic carbocycles. The van der Waals surface area contributed by atoms with Gasteiger partial charge < -0.3 is 29.5 Å². The number of piperidine rings is 1. The van der Waals surface area contributed by atoms with Gasteiger partial charge in [-0.05, 0) is 12.8 Å². The molecule has 2 aliphatic heterocycles. The van der Waals surface area contributed by atoms with E-state index in [9.17, 15) is 9.59 Å². The Morgan fingerprint density at radius 3 is 2.52 bits per heavy atom. The number of amides is 2. The lowest BCUT2D eigenvalue weighted by Crippen LogP contribution is -2.54. The molecule has 2 N–H and O–H groups in total. The van der Waals surface area contributed by atoms with E-state index in [2.05, 4.69) is 0 Å². The number of carbonyl (C=O) groups is 2. The van der Waals surface area contributed by atoms with Crippen molar-refractivity contribution < 1.29 is 29.3 Å². The number of rotatable bonds is 4. The van der Waals surface area contributed by atoms with Gasteiger partial charge in [0, 0.05) is 19.6 Å². The van der Waals surface area contributed by atoms with E-state index in [1.807, 2.05) is 0 Å². The largest absolute Gasteiger partial charge is 0.479 e. The van der Waals surface area contributed by atoms with Crippen LogP contribution in [0.3, 0.4) is 0 Å². The van der Waals surface area contributed by atoms with Crippen molar-refractivity contribution in [2.45, 2.75) is 25.0 Å². The van der Waals surface area contributed by atoms with Crippen molar-refractivity contribution in [2.24, 2.45) is 0 Å². The lowest BCUT2D eigenvalue weighted by atomic mass is 10.1. The molecule has 8 heteroatoms. The van der Waals surface area contributed by atoms with Crippen LogP contribution in [-0.4, -0.2) is 90.2 Å². The molecule has 120 valence electrons. The Labute approximate surface area is 123 Å². The number of morpholine rings is 1. The Morgan fingerprint density at radius 2 is 1.90 bits per heavy atom. The second-order valence-electron chi connectivity index (χ2n) is 5.21. The molecule has 2 amide bonds. The molecule has 2 saturated heterocycles. The van der Waals surface area contributed by atoms with Gasteiger partial charge in [0.2, 0.25) is 0 Å². The van der Waals surface area contributed by atoms with E-state index in [-0.39, 0.29) is 31.9 Å². The number of hydrogen-bond acceptors (Lipinski definition) is 5. The van der Waals surface area contributed by atoms with Crippen molar-refractivity contribution in [2.75, 3.05) is 46.0 Å². The number of urea groups is 1. The van der Waals surface area contributed by atoms with Gasteiger partial charge in [0.15, 0.2) is 6.10 Å². The van der Waals surface area contributed by atoms with E-state index in [1.165, 1.54) is 4.90 Å². The fourth-order valence-electron chi connectivity index (χ4n) is 2.61. The van der Waals surface area contributed by atoms with Gasteiger partial charge in [-0.2, -0.15) is 0 Å². The highest BCUT2D eigenvalue weighted by molar-refractivity contribution is 5.77. The zero-order chi connectivity index (χ0) is 15.2. The first-order chi connectivity index (χ1) is 10.1. The van der Waals surface area contributed by atoms with Gasteiger partial charge >= 0.3 is 12.0 Å². The van der Waals surface area contributed by atoms with Crippen molar-refractivity contribution in [1.29, 1.82) is 0 Å². The van der Waals surface area contributed by atoms with Gasteiger partial charge in [-0.25, -0.2) is 9.59 Å². The minimum atomic E-state index is -1.04. The number of aliphatic hydroxyl groups is 1. The van der Waals surface area contributed by atoms with Crippen LogP contribution in [0.1, 0.15) is 12.8 Å². The lowest BCUT2D eigenvalue weighted by Gasteiger charge is -2.38. The van der Waals surface area contributed by atoms with Crippen LogP contribution in [0.15, 0.2) is 0 Å². The summed E-state index contributed by atoms with van der Waals surface area (Å²) in [6.07, 6.45) is 0.613. The van der Waals surface area contributed by atoms with Crippen LogP contribution in [0.4, 0.5) is 4.79 Å². The number of aliphatic hydroxyl groups excluding tert-OH is 1. The summed E-state index contributed by atoms with van der Waals surface area (Å²) in [6, 6.07) is -0.134. The molecular weight excluding hydrogens is 280 g/mol. The first-order valence-electron chi connectivity index (χ1n) is 7.22. The SMILES string of the molecule is O=C(O)C1CN(C(=O)N2CCC(OCCO)CC2)CCO1. The Bertz CT molecular complexity index is 370. The standard InChI is InChI=1S/C13H22N2O6/c16-6-8-20-10-1-3-14(4-2-10)13(19)15-5-7-21-11(9-15)12(17)18/h10-11,16H,1-9H2,(H,17,18). The third-order valence-corrected chi connectivity index (χ3v) is 3.77. The Hall–Kier alpha value is -1.38. The third-order valence-electron chi connectivity index (χ3n) is 3.77. The molecule has 0 saturated carbocycles. The van der Waals surface area contributed by atoms with Crippen LogP contribution in [0.2, 0.25) is 0 Å². The van der Waals surface area contributed by atoms with Crippen molar-refractivity contribution in [1.82, 2.24) is 9.80 Å². The van der Waals surface area contributed by atoms with Crippen LogP contribution in [0, 0.1) is 0 Å². The van der Waals surface area contributed by atoms with Crippen LogP contribution < -0.4 is 0 Å². The van der Waals surface area contributed by atoms with Crippen molar-refractivity contribution in [3.8, 4) is 0 Å². The monoisotopic (exact) mass is 302 g/mol. The number of nitrogens with zero attached hydrogens (tertiary/aromatic N) is 2. The minimum Gasteiger partial charge on any atom is -0.479 e. The Morgan fingerprint density at radius 1 is 1.19 bits per heavy atom. The molecule has 2 rings (SSSR count). The summed E-state index contributed by atoms with van der Waals surface area (Å²) in [7, 11) is 0. The normalized spacial score (nSPS) is 24.1. The third kappa shape index (κ3) is 4.29. The number of hydrogen-bond donors (Lipinski definition) is 2. The molecule has 0 spiro atoms. The zero-order valence-corrected chi connectivity index (χ0v) is 11.9. The van der Waals surface area contributed by atoms with Crippen LogP contribution >= 0.6 is 0 Å². The number of carboxylic acids is 1. The lowest BCUT2D eigenvalue weighted by molar-refractivity contribution is -0.154. The number of aliphatic carboxylic acids is 1. The maximum absolute atomic E-state index is 12.4. The molecule has 8 nitrogen and oxygen atoms in total. The first kappa shape index (κ1) is 16.0. The Kier molecular flexibility index (Phi) is 5.77. The summed E-state index contributed by atoms with van der Waals surface area (Å²) in [5.41, 5.74) is 0. The quantitative estimate of drug-likeness (QED) is 0.717. The number of carboxylic acid groups (broad SMARTS) is 1. The molecule has 2 aliphatic rings. The molecule has 21 heavy (non-hydrogen) atoms. The van der Waals surface area contributed by atoms with Crippen molar-refractivity contribution in [3.63, 3.8) is 0 Å². The molecule has 0 aromatic rings. The molecule has 0 aromatic carbocycles. The second-order valence-corrected chi connectivity index (χ2v) is 5.21. The average molecular weight is 302 g/mol. The maximum atomic E-state index is 12.4. The van der Waals surface area contributed by atoms with E-state index in [1.54, 1.807) is 4.90 Å². The fraction of sp³-hybridized carbons (Fsp3) is 0.846. The fourth-order valence-corrected chi connectivity index (χ4v) is 2.61. The van der Waals surface area contributed by atoms with E-state index >= 15 is 0 Å². The molecule has 0 aromatic heterocycles. The summed E-state index contributed by atoms with van der Waals surface area (Å²) >= 11 is 0. The average Bonchev–Trinajstić information content (AvgIpc) is 2.53. The predicted molar refractivity (Wildman–Crippen MR) is 72.0 cm³/mol. The number of likely N-dealkylation sites (tertiary alicyclic amines) is 1. The highest BCUT2D eigenvalue weighted by Crippen LogP contribution is 2.16. The van der Waals surface area contributed by atoms with Crippen LogP contribution in [0.25, 0.3) is 0 Å². The predicted octanol–water partition coefficient (Wildman–Crippen LogP) is -0.635. The van der Waals surface area contributed by atoms with E-state index < -0.39 is 12.1 Å². The zero-order valence-electron chi connectivity index (χ0n) is 11.9. The molecular formula is C13H22N2O6. The summed E-state index contributed by atoms with van der Waals surface area (Å²) in [5.74, 6) is -1.04. The van der Waals surface area contributed by atoms with Crippen molar-refractivity contribution >= 4 is 12.0 Å². The van der Waals surface area contributed by atoms with E-state index in [0.717, 1.165) is 12.8 Å². The van der Waals surface area contributed by atoms with Gasteiger partial charge in [-0.3, -0.25) is 0 Å². The second kappa shape index (κ2) is 7.58. The number of carbonyl (C=O) groups excluding carboxylic acids is 1. The smallest absolute Gasteiger partial charge is 0.334 e. The Balaban J connectivity index is 1.80. The summed E-state index contributed by atoms with van der Waals surface area (Å²) in [4.78, 5) is 26.6. The maximum Gasteiger partial charge on any atom is 0.334 e. The first-order valence-corrected chi connectivity index (χ1v) is 7.22. The summed E-state index contributed by atoms with van der Waals surface area (Å²) < 4.78 is 10.6. The van der Waals surface area contributed by atoms with Gasteiger partial charge in [-0.1, -0.05) is 0 Å². The molecule has 1 unspecified atom stereocenters. The highest BCUT2D eigenvalue weighted by Gasteiger charge is 2.32. The molecule has 0 radical (unpaired) electrons. The van der Waals surface area contributed by atoms with Crippen LogP contribution in [0.5, 0.6) is 0 Å². The van der Waals surface area contributed by atoms with Gasteiger partial charge in [-0.15, -0.1) is 0 Å². The molecule has 2 heterocycles. The highest BCUT2D eigenvalue weighted by atomic mass is 16.5. The summed E-state index contributed by atoms with van der Waals surface area (Å²) in [6.45, 7) is 2.26. The van der Waals surface area contributed by atoms with Gasteiger partial charge in [0.25, 0.3) is 0 Å². The summed E-state index contributed by atoms with van der Waals surface area (Å²) in [5, 5.41) is 17.7. The van der Waals surface area contributed by atoms with Gasteiger partial charge in [0.05, 0.1) is 32.5 Å². The topological polar surface area (TPSA) is 99.5 Å². The minimum absolute atomic E-state index is 0.00347.